The Morgan fingerprint density at radius 3 is 2.56 bits per heavy atom. The molecule has 3 nitrogen and oxygen atoms in total. The Bertz CT molecular complexity index is 854. The molecule has 2 aliphatic rings. The second-order valence-electron chi connectivity index (χ2n) is 6.66. The van der Waals surface area contributed by atoms with E-state index in [9.17, 15) is 4.79 Å². The van der Waals surface area contributed by atoms with Gasteiger partial charge in [0.25, 0.3) is 0 Å². The summed E-state index contributed by atoms with van der Waals surface area (Å²) < 4.78 is 6.81. The van der Waals surface area contributed by atoms with E-state index in [0.717, 1.165) is 34.3 Å². The van der Waals surface area contributed by atoms with Crippen molar-refractivity contribution in [1.82, 2.24) is 0 Å². The van der Waals surface area contributed by atoms with Crippen LogP contribution in [-0.2, 0) is 10.5 Å². The minimum absolute atomic E-state index is 0.0110. The zero-order chi connectivity index (χ0) is 18.5. The third-order valence-electron chi connectivity index (χ3n) is 4.59. The van der Waals surface area contributed by atoms with E-state index in [1.165, 1.54) is 30.2 Å². The van der Waals surface area contributed by atoms with Crippen molar-refractivity contribution in [2.24, 2.45) is 4.99 Å². The first-order chi connectivity index (χ1) is 13.3. The summed E-state index contributed by atoms with van der Waals surface area (Å²) in [6.07, 6.45) is 7.03. The average molecular weight is 396 g/mol. The van der Waals surface area contributed by atoms with Gasteiger partial charge in [0.15, 0.2) is 0 Å². The first-order valence-electron chi connectivity index (χ1n) is 9.22. The van der Waals surface area contributed by atoms with Gasteiger partial charge in [0, 0.05) is 5.75 Å². The van der Waals surface area contributed by atoms with Crippen LogP contribution in [0.3, 0.4) is 0 Å². The molecule has 0 amide bonds. The Hall–Kier alpha value is -1.98. The topological polar surface area (TPSA) is 38.7 Å². The van der Waals surface area contributed by atoms with Crippen LogP contribution >= 0.6 is 23.5 Å². The number of hydrogen-bond acceptors (Lipinski definition) is 5. The fourth-order valence-corrected chi connectivity index (χ4v) is 4.97. The van der Waals surface area contributed by atoms with Gasteiger partial charge in [-0.15, -0.1) is 0 Å². The van der Waals surface area contributed by atoms with Gasteiger partial charge in [0.2, 0.25) is 5.12 Å². The second-order valence-corrected chi connectivity index (χ2v) is 8.85. The third-order valence-corrected chi connectivity index (χ3v) is 6.67. The molecule has 1 heterocycles. The zero-order valence-corrected chi connectivity index (χ0v) is 16.6. The molecule has 1 aliphatic carbocycles. The van der Waals surface area contributed by atoms with Gasteiger partial charge in [-0.2, -0.15) is 0 Å². The summed E-state index contributed by atoms with van der Waals surface area (Å²) in [4.78, 5) is 16.7. The first-order valence-corrected chi connectivity index (χ1v) is 11.0. The molecule has 0 N–H and O–H groups in total. The van der Waals surface area contributed by atoms with E-state index in [1.54, 1.807) is 11.8 Å². The number of thioether (sulfide) groups is 2. The lowest BCUT2D eigenvalue weighted by Crippen LogP contribution is -2.10. The Labute approximate surface area is 168 Å². The van der Waals surface area contributed by atoms with Crippen molar-refractivity contribution in [3.63, 3.8) is 0 Å². The molecule has 4 rings (SSSR count). The third kappa shape index (κ3) is 5.05. The van der Waals surface area contributed by atoms with Gasteiger partial charge in [-0.25, -0.2) is 4.99 Å². The number of carbonyl (C=O) groups excluding carboxylic acids is 1. The Morgan fingerprint density at radius 2 is 1.81 bits per heavy atom. The van der Waals surface area contributed by atoms with Crippen molar-refractivity contribution in [1.29, 1.82) is 0 Å². The van der Waals surface area contributed by atoms with Gasteiger partial charge in [-0.05, 0) is 66.8 Å². The summed E-state index contributed by atoms with van der Waals surface area (Å²) in [6, 6.07) is 18.1. The fourth-order valence-electron chi connectivity index (χ4n) is 3.17. The van der Waals surface area contributed by atoms with Crippen LogP contribution in [0.25, 0.3) is 6.08 Å². The largest absolute Gasteiger partial charge is 0.490 e. The van der Waals surface area contributed by atoms with E-state index in [2.05, 4.69) is 17.1 Å². The van der Waals surface area contributed by atoms with E-state index < -0.39 is 0 Å². The molecule has 27 heavy (non-hydrogen) atoms. The monoisotopic (exact) mass is 395 g/mol. The molecule has 0 radical (unpaired) electrons. The molecule has 1 aliphatic heterocycles. The highest BCUT2D eigenvalue weighted by molar-refractivity contribution is 8.45. The summed E-state index contributed by atoms with van der Waals surface area (Å²) in [5, 5.41) is 0.0110. The van der Waals surface area contributed by atoms with Crippen LogP contribution in [-0.4, -0.2) is 15.6 Å². The van der Waals surface area contributed by atoms with Crippen molar-refractivity contribution in [3.8, 4) is 5.75 Å². The van der Waals surface area contributed by atoms with Crippen molar-refractivity contribution < 1.29 is 9.53 Å². The highest BCUT2D eigenvalue weighted by Gasteiger charge is 2.22. The number of nitrogens with zero attached hydrogens (tertiary/aromatic N) is 1. The predicted molar refractivity (Wildman–Crippen MR) is 115 cm³/mol. The molecule has 2 aromatic carbocycles. The van der Waals surface area contributed by atoms with Crippen molar-refractivity contribution in [2.75, 3.05) is 0 Å². The average Bonchev–Trinajstić information content (AvgIpc) is 3.32. The maximum Gasteiger partial charge on any atom is 0.244 e. The normalized spacial score (nSPS) is 18.9. The summed E-state index contributed by atoms with van der Waals surface area (Å²) in [5.74, 6) is 1.72. The highest BCUT2D eigenvalue weighted by Crippen LogP contribution is 2.33. The molecule has 0 aromatic heterocycles. The molecule has 0 bridgehead atoms. The summed E-state index contributed by atoms with van der Waals surface area (Å²) in [6.45, 7) is 0. The number of hydrogen-bond donors (Lipinski definition) is 0. The maximum absolute atomic E-state index is 12.2. The fraction of sp³-hybridized carbons (Fsp3) is 0.273. The summed E-state index contributed by atoms with van der Waals surface area (Å²) in [7, 11) is 0. The van der Waals surface area contributed by atoms with Gasteiger partial charge in [-0.3, -0.25) is 4.79 Å². The first kappa shape index (κ1) is 18.4. The standard InChI is InChI=1S/C22H21NO2S2/c24-21-20(23-22(27-21)26-15-17-6-2-1-3-7-17)14-16-10-12-19(13-11-16)25-18-8-4-5-9-18/h1-3,6-7,10-14,18H,4-5,8-9,15H2/b20-14-. The van der Waals surface area contributed by atoms with Crippen LogP contribution in [0.15, 0.2) is 65.3 Å². The number of rotatable bonds is 5. The van der Waals surface area contributed by atoms with E-state index in [1.807, 2.05) is 48.5 Å². The zero-order valence-electron chi connectivity index (χ0n) is 15.0. The number of aliphatic imine (C=N–C) groups is 1. The minimum Gasteiger partial charge on any atom is -0.490 e. The Morgan fingerprint density at radius 1 is 1.07 bits per heavy atom. The molecule has 0 spiro atoms. The van der Waals surface area contributed by atoms with Gasteiger partial charge in [-0.1, -0.05) is 54.2 Å². The molecule has 1 fully saturated rings. The van der Waals surface area contributed by atoms with Crippen molar-refractivity contribution in [2.45, 2.75) is 37.5 Å². The molecule has 2 aromatic rings. The second kappa shape index (κ2) is 8.81. The van der Waals surface area contributed by atoms with E-state index in [4.69, 9.17) is 4.74 Å². The lowest BCUT2D eigenvalue weighted by molar-refractivity contribution is -0.107. The quantitative estimate of drug-likeness (QED) is 0.590. The van der Waals surface area contributed by atoms with Gasteiger partial charge >= 0.3 is 0 Å². The number of ether oxygens (including phenoxy) is 1. The van der Waals surface area contributed by atoms with Gasteiger partial charge in [0.1, 0.15) is 15.8 Å². The van der Waals surface area contributed by atoms with Crippen LogP contribution in [0.2, 0.25) is 0 Å². The molecule has 0 saturated heterocycles. The maximum atomic E-state index is 12.2. The van der Waals surface area contributed by atoms with Crippen LogP contribution in [0, 0.1) is 0 Å². The van der Waals surface area contributed by atoms with E-state index in [-0.39, 0.29) is 5.12 Å². The SMILES string of the molecule is O=C1SC(SCc2ccccc2)=N/C1=C\c1ccc(OC2CCCC2)cc1. The Balaban J connectivity index is 1.38. The van der Waals surface area contributed by atoms with Crippen molar-refractivity contribution >= 4 is 39.1 Å². The molecule has 1 saturated carbocycles. The molecule has 138 valence electrons. The molecular formula is C22H21NO2S2. The lowest BCUT2D eigenvalue weighted by Gasteiger charge is -2.12. The van der Waals surface area contributed by atoms with Gasteiger partial charge in [0.05, 0.1) is 6.10 Å². The van der Waals surface area contributed by atoms with Crippen molar-refractivity contribution in [3.05, 3.63) is 71.4 Å². The smallest absolute Gasteiger partial charge is 0.244 e. The highest BCUT2D eigenvalue weighted by atomic mass is 32.2. The van der Waals surface area contributed by atoms with Gasteiger partial charge < -0.3 is 4.74 Å². The Kier molecular flexibility index (Phi) is 6.00. The molecule has 5 heteroatoms. The van der Waals surface area contributed by atoms with E-state index >= 15 is 0 Å². The van der Waals surface area contributed by atoms with Crippen LogP contribution in [0.1, 0.15) is 36.8 Å². The van der Waals surface area contributed by atoms with Crippen LogP contribution in [0.4, 0.5) is 0 Å². The van der Waals surface area contributed by atoms with Crippen LogP contribution in [0.5, 0.6) is 5.75 Å². The van der Waals surface area contributed by atoms with Crippen LogP contribution < -0.4 is 4.74 Å². The molecular weight excluding hydrogens is 374 g/mol. The summed E-state index contributed by atoms with van der Waals surface area (Å²) in [5.41, 5.74) is 2.71. The molecule has 0 atom stereocenters. The number of benzene rings is 2. The van der Waals surface area contributed by atoms with E-state index in [0.29, 0.717) is 11.8 Å². The lowest BCUT2D eigenvalue weighted by atomic mass is 10.2. The predicted octanol–water partition coefficient (Wildman–Crippen LogP) is 5.91. The number of carbonyl (C=O) groups is 1. The minimum atomic E-state index is 0.0110. The summed E-state index contributed by atoms with van der Waals surface area (Å²) >= 11 is 2.82. The molecule has 0 unspecified atom stereocenters.